The summed E-state index contributed by atoms with van der Waals surface area (Å²) >= 11 is 6.12. The van der Waals surface area contributed by atoms with E-state index in [1.807, 2.05) is 30.3 Å². The number of carbonyl (C=O) groups is 1. The van der Waals surface area contributed by atoms with Crippen LogP contribution in [0.1, 0.15) is 10.5 Å². The van der Waals surface area contributed by atoms with Crippen LogP contribution in [0.25, 0.3) is 10.9 Å². The van der Waals surface area contributed by atoms with Crippen LogP contribution in [0.5, 0.6) is 0 Å². The van der Waals surface area contributed by atoms with Crippen LogP contribution in [-0.2, 0) is 0 Å². The fourth-order valence-corrected chi connectivity index (χ4v) is 2.40. The van der Waals surface area contributed by atoms with Crippen molar-refractivity contribution < 1.29 is 4.79 Å². The van der Waals surface area contributed by atoms with Crippen molar-refractivity contribution in [3.05, 3.63) is 65.6 Å². The number of halogens is 1. The largest absolute Gasteiger partial charge is 0.382 e. The van der Waals surface area contributed by atoms with Gasteiger partial charge in [0.05, 0.1) is 16.2 Å². The number of rotatable bonds is 5. The molecule has 3 rings (SSSR count). The van der Waals surface area contributed by atoms with Gasteiger partial charge in [-0.2, -0.15) is 0 Å². The zero-order valence-corrected chi connectivity index (χ0v) is 13.0. The number of anilines is 1. The number of nitrogens with zero attached hydrogens (tertiary/aromatic N) is 2. The van der Waals surface area contributed by atoms with E-state index in [0.29, 0.717) is 29.3 Å². The molecule has 0 saturated heterocycles. The monoisotopic (exact) mass is 326 g/mol. The lowest BCUT2D eigenvalue weighted by atomic mass is 10.2. The fourth-order valence-electron chi connectivity index (χ4n) is 2.18. The third-order valence-corrected chi connectivity index (χ3v) is 3.61. The molecule has 0 unspecified atom stereocenters. The number of pyridine rings is 2. The maximum absolute atomic E-state index is 12.2. The van der Waals surface area contributed by atoms with Crippen molar-refractivity contribution in [1.29, 1.82) is 0 Å². The summed E-state index contributed by atoms with van der Waals surface area (Å²) < 4.78 is 0. The lowest BCUT2D eigenvalue weighted by Gasteiger charge is -2.08. The zero-order chi connectivity index (χ0) is 16.1. The van der Waals surface area contributed by atoms with E-state index in [1.165, 1.54) is 0 Å². The molecule has 0 fully saturated rings. The number of amides is 1. The van der Waals surface area contributed by atoms with E-state index in [2.05, 4.69) is 20.6 Å². The number of hydrogen-bond acceptors (Lipinski definition) is 4. The van der Waals surface area contributed by atoms with Crippen LogP contribution in [0.15, 0.2) is 54.9 Å². The van der Waals surface area contributed by atoms with Crippen LogP contribution in [0.3, 0.4) is 0 Å². The summed E-state index contributed by atoms with van der Waals surface area (Å²) in [5.74, 6) is -0.222. The van der Waals surface area contributed by atoms with Gasteiger partial charge in [-0.25, -0.2) is 4.98 Å². The normalized spacial score (nSPS) is 10.5. The molecule has 3 aromatic rings. The molecule has 23 heavy (non-hydrogen) atoms. The minimum absolute atomic E-state index is 0.222. The van der Waals surface area contributed by atoms with Gasteiger partial charge < -0.3 is 10.6 Å². The van der Waals surface area contributed by atoms with E-state index in [-0.39, 0.29) is 5.91 Å². The second-order valence-corrected chi connectivity index (χ2v) is 5.34. The van der Waals surface area contributed by atoms with Crippen molar-refractivity contribution in [2.45, 2.75) is 0 Å². The summed E-state index contributed by atoms with van der Waals surface area (Å²) in [6.45, 7) is 1.09. The van der Waals surface area contributed by atoms with Gasteiger partial charge >= 0.3 is 0 Å². The van der Waals surface area contributed by atoms with Crippen LogP contribution in [-0.4, -0.2) is 29.0 Å². The van der Waals surface area contributed by atoms with Gasteiger partial charge in [0.15, 0.2) is 0 Å². The predicted octanol–water partition coefficient (Wildman–Crippen LogP) is 3.13. The van der Waals surface area contributed by atoms with Gasteiger partial charge in [-0.3, -0.25) is 9.78 Å². The number of carbonyl (C=O) groups excluding carboxylic acids is 1. The number of benzene rings is 1. The Hall–Kier alpha value is -2.66. The maximum Gasteiger partial charge on any atom is 0.269 e. The van der Waals surface area contributed by atoms with Crippen LogP contribution in [0.2, 0.25) is 5.02 Å². The molecule has 0 aliphatic heterocycles. The molecule has 2 heterocycles. The van der Waals surface area contributed by atoms with Crippen LogP contribution >= 0.6 is 11.6 Å². The van der Waals surface area contributed by atoms with Gasteiger partial charge in [-0.05, 0) is 24.3 Å². The highest BCUT2D eigenvalue weighted by molar-refractivity contribution is 6.35. The topological polar surface area (TPSA) is 66.9 Å². The Morgan fingerprint density at radius 3 is 2.83 bits per heavy atom. The van der Waals surface area contributed by atoms with E-state index in [9.17, 15) is 4.79 Å². The van der Waals surface area contributed by atoms with Gasteiger partial charge in [0.2, 0.25) is 0 Å². The second kappa shape index (κ2) is 7.07. The lowest BCUT2D eigenvalue weighted by molar-refractivity contribution is 0.0950. The molecular formula is C17H15ClN4O. The van der Waals surface area contributed by atoms with Gasteiger partial charge in [0, 0.05) is 30.9 Å². The molecule has 5 nitrogen and oxygen atoms in total. The zero-order valence-electron chi connectivity index (χ0n) is 12.3. The quantitative estimate of drug-likeness (QED) is 0.707. The molecule has 0 aliphatic rings. The van der Waals surface area contributed by atoms with Crippen molar-refractivity contribution >= 4 is 34.1 Å². The third-order valence-electron chi connectivity index (χ3n) is 3.30. The van der Waals surface area contributed by atoms with Crippen molar-refractivity contribution in [1.82, 2.24) is 15.3 Å². The van der Waals surface area contributed by atoms with Gasteiger partial charge in [-0.1, -0.05) is 29.8 Å². The van der Waals surface area contributed by atoms with Crippen LogP contribution < -0.4 is 10.6 Å². The lowest BCUT2D eigenvalue weighted by Crippen LogP contribution is -2.29. The average Bonchev–Trinajstić information content (AvgIpc) is 2.59. The van der Waals surface area contributed by atoms with Gasteiger partial charge in [0.25, 0.3) is 5.91 Å². The number of para-hydroxylation sites is 1. The van der Waals surface area contributed by atoms with E-state index >= 15 is 0 Å². The highest BCUT2D eigenvalue weighted by Crippen LogP contribution is 2.21. The summed E-state index contributed by atoms with van der Waals surface area (Å²) in [6, 6.07) is 12.8. The number of aromatic nitrogens is 2. The van der Waals surface area contributed by atoms with Gasteiger partial charge in [0.1, 0.15) is 5.69 Å². The molecule has 2 aromatic heterocycles. The summed E-state index contributed by atoms with van der Waals surface area (Å²) in [7, 11) is 0. The molecule has 0 saturated carbocycles. The van der Waals surface area contributed by atoms with Crippen molar-refractivity contribution in [3.8, 4) is 0 Å². The first-order valence-corrected chi connectivity index (χ1v) is 7.59. The molecule has 0 spiro atoms. The highest BCUT2D eigenvalue weighted by Gasteiger charge is 2.09. The molecule has 0 atom stereocenters. The van der Waals surface area contributed by atoms with E-state index < -0.39 is 0 Å². The Labute approximate surface area is 138 Å². The smallest absolute Gasteiger partial charge is 0.269 e. The predicted molar refractivity (Wildman–Crippen MR) is 91.8 cm³/mol. The molecule has 2 N–H and O–H groups in total. The Balaban J connectivity index is 1.59. The SMILES string of the molecule is O=C(NCCNc1cccnc1)c1ccc2cccc(Cl)c2n1. The fraction of sp³-hybridized carbons (Fsp3) is 0.118. The first kappa shape index (κ1) is 15.2. The van der Waals surface area contributed by atoms with E-state index in [4.69, 9.17) is 11.6 Å². The maximum atomic E-state index is 12.2. The van der Waals surface area contributed by atoms with Crippen molar-refractivity contribution in [2.24, 2.45) is 0 Å². The van der Waals surface area contributed by atoms with Crippen molar-refractivity contribution in [3.63, 3.8) is 0 Å². The third kappa shape index (κ3) is 3.76. The molecule has 116 valence electrons. The Bertz CT molecular complexity index is 823. The minimum Gasteiger partial charge on any atom is -0.382 e. The number of hydrogen-bond donors (Lipinski definition) is 2. The van der Waals surface area contributed by atoms with E-state index in [0.717, 1.165) is 11.1 Å². The summed E-state index contributed by atoms with van der Waals surface area (Å²) in [5, 5.41) is 7.44. The molecule has 6 heteroatoms. The molecule has 0 bridgehead atoms. The summed E-state index contributed by atoms with van der Waals surface area (Å²) in [4.78, 5) is 20.5. The molecular weight excluding hydrogens is 312 g/mol. The Morgan fingerprint density at radius 2 is 2.00 bits per heavy atom. The Morgan fingerprint density at radius 1 is 1.09 bits per heavy atom. The number of fused-ring (bicyclic) bond motifs is 1. The first-order chi connectivity index (χ1) is 11.2. The van der Waals surface area contributed by atoms with Gasteiger partial charge in [-0.15, -0.1) is 0 Å². The first-order valence-electron chi connectivity index (χ1n) is 7.21. The molecule has 0 radical (unpaired) electrons. The highest BCUT2D eigenvalue weighted by atomic mass is 35.5. The standard InChI is InChI=1S/C17H15ClN4O/c18-14-5-1-3-12-6-7-15(22-16(12)14)17(23)21-10-9-20-13-4-2-8-19-11-13/h1-8,11,20H,9-10H2,(H,21,23). The second-order valence-electron chi connectivity index (χ2n) is 4.93. The molecule has 1 aromatic carbocycles. The summed E-state index contributed by atoms with van der Waals surface area (Å²) in [5.41, 5.74) is 1.90. The minimum atomic E-state index is -0.222. The molecule has 0 aliphatic carbocycles. The van der Waals surface area contributed by atoms with Crippen molar-refractivity contribution in [2.75, 3.05) is 18.4 Å². The van der Waals surface area contributed by atoms with Crippen LogP contribution in [0.4, 0.5) is 5.69 Å². The number of nitrogens with one attached hydrogen (secondary N) is 2. The van der Waals surface area contributed by atoms with Crippen LogP contribution in [0, 0.1) is 0 Å². The molecule has 1 amide bonds. The summed E-state index contributed by atoms with van der Waals surface area (Å²) in [6.07, 6.45) is 3.44. The van der Waals surface area contributed by atoms with E-state index in [1.54, 1.807) is 24.5 Å². The average molecular weight is 327 g/mol. The Kier molecular flexibility index (Phi) is 4.68.